The Hall–Kier alpha value is -0.610. The molecule has 1 saturated heterocycles. The van der Waals surface area contributed by atoms with E-state index >= 15 is 0 Å². The van der Waals surface area contributed by atoms with Crippen molar-refractivity contribution in [2.75, 3.05) is 26.2 Å². The van der Waals surface area contributed by atoms with Crippen LogP contribution in [0.3, 0.4) is 0 Å². The number of aliphatic hydroxyl groups is 1. The molecule has 1 aliphatic heterocycles. The van der Waals surface area contributed by atoms with Gasteiger partial charge in [0.15, 0.2) is 0 Å². The minimum Gasteiger partial charge on any atom is -0.396 e. The lowest BCUT2D eigenvalue weighted by Gasteiger charge is -2.39. The molecule has 0 aromatic rings. The average Bonchev–Trinajstić information content (AvgIpc) is 3.03. The van der Waals surface area contributed by atoms with Gasteiger partial charge in [0.25, 0.3) is 0 Å². The van der Waals surface area contributed by atoms with Crippen molar-refractivity contribution >= 4 is 5.91 Å². The normalized spacial score (nSPS) is 26.8. The van der Waals surface area contributed by atoms with Crippen LogP contribution in [-0.4, -0.2) is 48.2 Å². The van der Waals surface area contributed by atoms with Crippen molar-refractivity contribution in [3.05, 3.63) is 0 Å². The summed E-state index contributed by atoms with van der Waals surface area (Å²) >= 11 is 0. The molecule has 0 spiro atoms. The van der Waals surface area contributed by atoms with Crippen molar-refractivity contribution < 1.29 is 9.90 Å². The second-order valence-corrected chi connectivity index (χ2v) is 7.62. The molecule has 2 N–H and O–H groups in total. The molecule has 1 heterocycles. The second-order valence-electron chi connectivity index (χ2n) is 7.62. The quantitative estimate of drug-likeness (QED) is 0.759. The largest absolute Gasteiger partial charge is 0.396 e. The van der Waals surface area contributed by atoms with Gasteiger partial charge >= 0.3 is 0 Å². The van der Waals surface area contributed by atoms with E-state index in [-0.39, 0.29) is 18.4 Å². The molecular weight excluding hydrogens is 276 g/mol. The number of likely N-dealkylation sites (tertiary alicyclic amines) is 1. The third kappa shape index (κ3) is 5.24. The predicted octanol–water partition coefficient (Wildman–Crippen LogP) is 2.41. The molecule has 1 aliphatic carbocycles. The highest BCUT2D eigenvalue weighted by molar-refractivity contribution is 5.78. The first-order valence-electron chi connectivity index (χ1n) is 9.23. The summed E-state index contributed by atoms with van der Waals surface area (Å²) in [7, 11) is 0. The van der Waals surface area contributed by atoms with Gasteiger partial charge in [-0.1, -0.05) is 26.7 Å². The van der Waals surface area contributed by atoms with E-state index in [0.29, 0.717) is 12.0 Å². The highest BCUT2D eigenvalue weighted by Crippen LogP contribution is 2.26. The summed E-state index contributed by atoms with van der Waals surface area (Å²) in [6.45, 7) is 7.08. The summed E-state index contributed by atoms with van der Waals surface area (Å²) < 4.78 is 0. The first-order valence-corrected chi connectivity index (χ1v) is 9.23. The van der Waals surface area contributed by atoms with E-state index in [1.807, 2.05) is 13.8 Å². The number of amides is 1. The summed E-state index contributed by atoms with van der Waals surface area (Å²) in [6, 6.07) is 0.431. The molecule has 4 nitrogen and oxygen atoms in total. The van der Waals surface area contributed by atoms with E-state index in [9.17, 15) is 4.79 Å². The van der Waals surface area contributed by atoms with Crippen LogP contribution in [0.2, 0.25) is 0 Å². The number of rotatable bonds is 7. The van der Waals surface area contributed by atoms with Crippen LogP contribution in [0, 0.1) is 17.8 Å². The van der Waals surface area contributed by atoms with Crippen LogP contribution in [0.15, 0.2) is 0 Å². The van der Waals surface area contributed by atoms with Crippen LogP contribution in [0.5, 0.6) is 0 Å². The van der Waals surface area contributed by atoms with E-state index in [1.54, 1.807) is 0 Å². The fourth-order valence-electron chi connectivity index (χ4n) is 4.03. The van der Waals surface area contributed by atoms with Gasteiger partial charge in [-0.25, -0.2) is 0 Å². The third-order valence-electron chi connectivity index (χ3n) is 5.28. The molecule has 128 valence electrons. The smallest absolute Gasteiger partial charge is 0.225 e. The van der Waals surface area contributed by atoms with E-state index in [4.69, 9.17) is 5.11 Å². The van der Waals surface area contributed by atoms with Crippen LogP contribution in [0.4, 0.5) is 0 Å². The highest BCUT2D eigenvalue weighted by atomic mass is 16.2. The maximum atomic E-state index is 12.4. The summed E-state index contributed by atoms with van der Waals surface area (Å²) in [6.07, 6.45) is 8.52. The van der Waals surface area contributed by atoms with E-state index < -0.39 is 0 Å². The molecule has 2 unspecified atom stereocenters. The molecule has 2 atom stereocenters. The second kappa shape index (κ2) is 8.88. The number of nitrogens with one attached hydrogen (secondary N) is 1. The van der Waals surface area contributed by atoms with Gasteiger partial charge in [0.2, 0.25) is 5.91 Å². The van der Waals surface area contributed by atoms with E-state index in [1.165, 1.54) is 25.7 Å². The third-order valence-corrected chi connectivity index (χ3v) is 5.28. The molecule has 2 aliphatic rings. The molecule has 2 rings (SSSR count). The van der Waals surface area contributed by atoms with Gasteiger partial charge in [0.05, 0.1) is 0 Å². The molecule has 0 aromatic heterocycles. The van der Waals surface area contributed by atoms with Crippen LogP contribution < -0.4 is 5.32 Å². The van der Waals surface area contributed by atoms with E-state index in [2.05, 4.69) is 10.2 Å². The zero-order valence-electron chi connectivity index (χ0n) is 14.4. The number of hydrogen-bond donors (Lipinski definition) is 2. The maximum absolute atomic E-state index is 12.4. The van der Waals surface area contributed by atoms with Gasteiger partial charge < -0.3 is 15.3 Å². The Balaban J connectivity index is 1.87. The number of hydrogen-bond acceptors (Lipinski definition) is 3. The minimum atomic E-state index is 0.0760. The Morgan fingerprint density at radius 3 is 2.59 bits per heavy atom. The topological polar surface area (TPSA) is 52.6 Å². The zero-order chi connectivity index (χ0) is 15.9. The molecule has 1 amide bonds. The van der Waals surface area contributed by atoms with Gasteiger partial charge in [-0.15, -0.1) is 0 Å². The van der Waals surface area contributed by atoms with Crippen molar-refractivity contribution in [2.24, 2.45) is 17.8 Å². The maximum Gasteiger partial charge on any atom is 0.225 e. The number of piperidine rings is 1. The Morgan fingerprint density at radius 2 is 1.95 bits per heavy atom. The number of carbonyl (C=O) groups excluding carboxylic acids is 1. The lowest BCUT2D eigenvalue weighted by Crippen LogP contribution is -2.52. The first-order chi connectivity index (χ1) is 10.6. The van der Waals surface area contributed by atoms with E-state index in [0.717, 1.165) is 44.8 Å². The van der Waals surface area contributed by atoms with Gasteiger partial charge in [0.1, 0.15) is 0 Å². The Morgan fingerprint density at radius 1 is 1.23 bits per heavy atom. The Kier molecular flexibility index (Phi) is 7.16. The first kappa shape index (κ1) is 17.7. The van der Waals surface area contributed by atoms with Crippen LogP contribution in [-0.2, 0) is 4.79 Å². The summed E-state index contributed by atoms with van der Waals surface area (Å²) in [5.74, 6) is 1.73. The van der Waals surface area contributed by atoms with Gasteiger partial charge in [-0.3, -0.25) is 4.79 Å². The van der Waals surface area contributed by atoms with Crippen molar-refractivity contribution in [1.29, 1.82) is 0 Å². The molecule has 0 aromatic carbocycles. The van der Waals surface area contributed by atoms with Crippen LogP contribution in [0.25, 0.3) is 0 Å². The van der Waals surface area contributed by atoms with Crippen LogP contribution >= 0.6 is 0 Å². The number of aliphatic hydroxyl groups excluding tert-OH is 1. The SMILES string of the molecule is CC(C)C(=O)N1CC(CCCO)CC(NCC2CCCC2)C1. The molecule has 2 fully saturated rings. The van der Waals surface area contributed by atoms with Crippen molar-refractivity contribution in [1.82, 2.24) is 10.2 Å². The van der Waals surface area contributed by atoms with Crippen molar-refractivity contribution in [2.45, 2.75) is 64.8 Å². The summed E-state index contributed by atoms with van der Waals surface area (Å²) in [5.41, 5.74) is 0. The average molecular weight is 310 g/mol. The molecule has 0 radical (unpaired) electrons. The Labute approximate surface area is 135 Å². The number of nitrogens with zero attached hydrogens (tertiary/aromatic N) is 1. The van der Waals surface area contributed by atoms with Gasteiger partial charge in [-0.05, 0) is 50.5 Å². The summed E-state index contributed by atoms with van der Waals surface area (Å²) in [4.78, 5) is 14.4. The summed E-state index contributed by atoms with van der Waals surface area (Å²) in [5, 5.41) is 12.8. The minimum absolute atomic E-state index is 0.0760. The van der Waals surface area contributed by atoms with Crippen molar-refractivity contribution in [3.8, 4) is 0 Å². The van der Waals surface area contributed by atoms with Gasteiger partial charge in [0, 0.05) is 31.7 Å². The molecule has 1 saturated carbocycles. The van der Waals surface area contributed by atoms with Gasteiger partial charge in [-0.2, -0.15) is 0 Å². The highest BCUT2D eigenvalue weighted by Gasteiger charge is 2.30. The standard InChI is InChI=1S/C18H34N2O2/c1-14(2)18(22)20-12-16(8-5-9-21)10-17(13-20)19-11-15-6-3-4-7-15/h14-17,19,21H,3-13H2,1-2H3. The van der Waals surface area contributed by atoms with Crippen molar-refractivity contribution in [3.63, 3.8) is 0 Å². The fourth-order valence-corrected chi connectivity index (χ4v) is 4.03. The monoisotopic (exact) mass is 310 g/mol. The predicted molar refractivity (Wildman–Crippen MR) is 89.6 cm³/mol. The number of carbonyl (C=O) groups is 1. The lowest BCUT2D eigenvalue weighted by atomic mass is 9.89. The molecule has 0 bridgehead atoms. The Bertz CT molecular complexity index is 340. The molecule has 4 heteroatoms. The molecule has 22 heavy (non-hydrogen) atoms. The molecular formula is C18H34N2O2. The lowest BCUT2D eigenvalue weighted by molar-refractivity contribution is -0.137. The fraction of sp³-hybridized carbons (Fsp3) is 0.944. The zero-order valence-corrected chi connectivity index (χ0v) is 14.4. The van der Waals surface area contributed by atoms with Crippen LogP contribution in [0.1, 0.15) is 58.8 Å².